The molecule has 1 N–H and O–H groups in total. The minimum absolute atomic E-state index is 0.0622. The van der Waals surface area contributed by atoms with Crippen LogP contribution in [0.15, 0.2) is 35.2 Å². The fraction of sp³-hybridized carbons (Fsp3) is 0.0909. The van der Waals surface area contributed by atoms with Gasteiger partial charge in [0.25, 0.3) is 0 Å². The van der Waals surface area contributed by atoms with Crippen LogP contribution in [0.5, 0.6) is 0 Å². The molecular formula is C11H6F3N3OS. The van der Waals surface area contributed by atoms with Crippen molar-refractivity contribution in [3.8, 4) is 17.3 Å². The zero-order chi connectivity index (χ0) is 14.0. The van der Waals surface area contributed by atoms with Crippen LogP contribution in [0.25, 0.3) is 11.3 Å². The predicted octanol–water partition coefficient (Wildman–Crippen LogP) is 2.58. The second kappa shape index (κ2) is 4.85. The van der Waals surface area contributed by atoms with Crippen LogP contribution in [-0.4, -0.2) is 19.9 Å². The van der Waals surface area contributed by atoms with Crippen molar-refractivity contribution >= 4 is 10.8 Å². The van der Waals surface area contributed by atoms with Crippen LogP contribution in [-0.2, 0) is 10.8 Å². The van der Waals surface area contributed by atoms with Gasteiger partial charge in [0.15, 0.2) is 16.5 Å². The summed E-state index contributed by atoms with van der Waals surface area (Å²) in [5.74, 6) is 0. The minimum atomic E-state index is -4.95. The molecule has 0 saturated heterocycles. The molecule has 0 amide bonds. The summed E-state index contributed by atoms with van der Waals surface area (Å²) in [6, 6.07) is 9.48. The van der Waals surface area contributed by atoms with Crippen molar-refractivity contribution in [1.82, 2.24) is 10.2 Å². The Kier molecular flexibility index (Phi) is 3.40. The van der Waals surface area contributed by atoms with Gasteiger partial charge < -0.3 is 0 Å². The maximum atomic E-state index is 12.6. The lowest BCUT2D eigenvalue weighted by Crippen LogP contribution is -2.17. The Labute approximate surface area is 108 Å². The fourth-order valence-electron chi connectivity index (χ4n) is 1.50. The summed E-state index contributed by atoms with van der Waals surface area (Å²) in [5.41, 5.74) is -5.15. The molecule has 0 aliphatic heterocycles. The van der Waals surface area contributed by atoms with Crippen molar-refractivity contribution in [2.24, 2.45) is 0 Å². The van der Waals surface area contributed by atoms with Gasteiger partial charge in [-0.25, -0.2) is 4.21 Å². The zero-order valence-electron chi connectivity index (χ0n) is 9.23. The normalized spacial score (nSPS) is 12.9. The van der Waals surface area contributed by atoms with Crippen LogP contribution in [0.4, 0.5) is 13.2 Å². The van der Waals surface area contributed by atoms with Gasteiger partial charge in [-0.15, -0.1) is 0 Å². The standard InChI is InChI=1S/C11H6F3N3OS/c12-11(13,14)19(18)10-8(6-15)16-17-9(10)7-4-2-1-3-5-7/h1-5H,(H,16,17). The zero-order valence-corrected chi connectivity index (χ0v) is 10.0. The molecule has 0 radical (unpaired) electrons. The first-order valence-electron chi connectivity index (χ1n) is 4.97. The van der Waals surface area contributed by atoms with Gasteiger partial charge in [0.1, 0.15) is 11.0 Å². The average Bonchev–Trinajstić information content (AvgIpc) is 2.81. The lowest BCUT2D eigenvalue weighted by molar-refractivity contribution is -0.0384. The SMILES string of the molecule is N#Cc1n[nH]c(-c2ccccc2)c1S(=O)C(F)(F)F. The first-order valence-corrected chi connectivity index (χ1v) is 6.12. The average molecular weight is 285 g/mol. The van der Waals surface area contributed by atoms with Crippen molar-refractivity contribution in [2.75, 3.05) is 0 Å². The van der Waals surface area contributed by atoms with Crippen molar-refractivity contribution < 1.29 is 17.4 Å². The second-order valence-corrected chi connectivity index (χ2v) is 4.88. The Hall–Kier alpha value is -2.14. The first kappa shape index (κ1) is 13.3. The highest BCUT2D eigenvalue weighted by molar-refractivity contribution is 7.86. The molecule has 2 rings (SSSR count). The molecule has 1 atom stereocenters. The summed E-state index contributed by atoms with van der Waals surface area (Å²) >= 11 is 0. The number of aromatic amines is 1. The number of H-pyrrole nitrogens is 1. The van der Waals surface area contributed by atoms with E-state index < -0.39 is 26.9 Å². The highest BCUT2D eigenvalue weighted by Crippen LogP contribution is 2.33. The largest absolute Gasteiger partial charge is 0.476 e. The van der Waals surface area contributed by atoms with Gasteiger partial charge in [0.05, 0.1) is 5.69 Å². The van der Waals surface area contributed by atoms with Crippen molar-refractivity contribution in [3.05, 3.63) is 36.0 Å². The molecule has 98 valence electrons. The monoisotopic (exact) mass is 285 g/mol. The number of aromatic nitrogens is 2. The van der Waals surface area contributed by atoms with Gasteiger partial charge >= 0.3 is 5.51 Å². The number of hydrogen-bond acceptors (Lipinski definition) is 3. The van der Waals surface area contributed by atoms with Gasteiger partial charge in [-0.3, -0.25) is 5.10 Å². The van der Waals surface area contributed by atoms with E-state index in [4.69, 9.17) is 5.26 Å². The van der Waals surface area contributed by atoms with Crippen LogP contribution in [0, 0.1) is 11.3 Å². The van der Waals surface area contributed by atoms with Crippen LogP contribution >= 0.6 is 0 Å². The third kappa shape index (κ3) is 2.51. The van der Waals surface area contributed by atoms with Gasteiger partial charge in [0.2, 0.25) is 0 Å². The van der Waals surface area contributed by atoms with E-state index in [1.165, 1.54) is 18.2 Å². The number of nitrogens with zero attached hydrogens (tertiary/aromatic N) is 2. The third-order valence-electron chi connectivity index (χ3n) is 2.29. The van der Waals surface area contributed by atoms with Crippen LogP contribution in [0.3, 0.4) is 0 Å². The van der Waals surface area contributed by atoms with Crippen molar-refractivity contribution in [2.45, 2.75) is 10.4 Å². The molecule has 0 fully saturated rings. The molecule has 2 aromatic rings. The topological polar surface area (TPSA) is 69.5 Å². The Bertz CT molecular complexity index is 658. The van der Waals surface area contributed by atoms with E-state index in [0.717, 1.165) is 0 Å². The summed E-state index contributed by atoms with van der Waals surface area (Å²) in [4.78, 5) is -0.638. The Morgan fingerprint density at radius 3 is 2.42 bits per heavy atom. The molecule has 0 saturated carbocycles. The summed E-state index contributed by atoms with van der Waals surface area (Å²) in [5, 5.41) is 14.6. The lowest BCUT2D eigenvalue weighted by atomic mass is 10.1. The number of nitrogens with one attached hydrogen (secondary N) is 1. The molecule has 0 spiro atoms. The van der Waals surface area contributed by atoms with E-state index in [9.17, 15) is 17.4 Å². The van der Waals surface area contributed by atoms with Crippen LogP contribution in [0.2, 0.25) is 0 Å². The number of halogens is 3. The van der Waals surface area contributed by atoms with E-state index in [1.54, 1.807) is 18.2 Å². The molecule has 0 bridgehead atoms. The maximum Gasteiger partial charge on any atom is 0.476 e. The molecule has 1 heterocycles. The molecule has 1 aromatic heterocycles. The molecule has 8 heteroatoms. The number of nitriles is 1. The molecular weight excluding hydrogens is 279 g/mol. The van der Waals surface area contributed by atoms with Crippen LogP contribution in [0.1, 0.15) is 5.69 Å². The van der Waals surface area contributed by atoms with E-state index in [1.807, 2.05) is 0 Å². The first-order chi connectivity index (χ1) is 8.95. The molecule has 1 aromatic carbocycles. The highest BCUT2D eigenvalue weighted by Gasteiger charge is 2.41. The number of rotatable bonds is 2. The number of hydrogen-bond donors (Lipinski definition) is 1. The smallest absolute Gasteiger partial charge is 0.275 e. The molecule has 4 nitrogen and oxygen atoms in total. The molecule has 0 aliphatic rings. The fourth-order valence-corrected chi connectivity index (χ4v) is 2.35. The van der Waals surface area contributed by atoms with Crippen molar-refractivity contribution in [3.63, 3.8) is 0 Å². The molecule has 19 heavy (non-hydrogen) atoms. The summed E-state index contributed by atoms with van der Waals surface area (Å²) in [6.45, 7) is 0. The second-order valence-electron chi connectivity index (χ2n) is 3.47. The van der Waals surface area contributed by atoms with Gasteiger partial charge in [0, 0.05) is 5.56 Å². The molecule has 0 aliphatic carbocycles. The lowest BCUT2D eigenvalue weighted by Gasteiger charge is -2.07. The third-order valence-corrected chi connectivity index (χ3v) is 3.47. The summed E-state index contributed by atoms with van der Waals surface area (Å²) in [7, 11) is -3.31. The predicted molar refractivity (Wildman–Crippen MR) is 61.2 cm³/mol. The van der Waals surface area contributed by atoms with Gasteiger partial charge in [-0.05, 0) is 0 Å². The van der Waals surface area contributed by atoms with E-state index in [2.05, 4.69) is 10.2 Å². The molecule has 1 unspecified atom stereocenters. The minimum Gasteiger partial charge on any atom is -0.275 e. The Morgan fingerprint density at radius 1 is 1.26 bits per heavy atom. The Balaban J connectivity index is 2.63. The highest BCUT2D eigenvalue weighted by atomic mass is 32.2. The van der Waals surface area contributed by atoms with Crippen LogP contribution < -0.4 is 0 Å². The number of alkyl halides is 3. The van der Waals surface area contributed by atoms with Gasteiger partial charge in [-0.1, -0.05) is 30.3 Å². The quantitative estimate of drug-likeness (QED) is 0.922. The van der Waals surface area contributed by atoms with Gasteiger partial charge in [-0.2, -0.15) is 23.5 Å². The Morgan fingerprint density at radius 2 is 1.89 bits per heavy atom. The van der Waals surface area contributed by atoms with E-state index in [0.29, 0.717) is 5.56 Å². The summed E-state index contributed by atoms with van der Waals surface area (Å²) in [6.07, 6.45) is 0. The van der Waals surface area contributed by atoms with E-state index in [-0.39, 0.29) is 5.69 Å². The maximum absolute atomic E-state index is 12.6. The summed E-state index contributed by atoms with van der Waals surface area (Å²) < 4.78 is 49.2. The number of benzene rings is 1. The van der Waals surface area contributed by atoms with E-state index >= 15 is 0 Å². The van der Waals surface area contributed by atoms with Crippen molar-refractivity contribution in [1.29, 1.82) is 5.26 Å².